The van der Waals surface area contributed by atoms with E-state index in [0.717, 1.165) is 40.9 Å². The van der Waals surface area contributed by atoms with Crippen molar-refractivity contribution in [3.05, 3.63) is 51.6 Å². The normalized spacial score (nSPS) is 14.6. The maximum atomic E-state index is 12.9. The third kappa shape index (κ3) is 3.75. The lowest BCUT2D eigenvalue weighted by atomic mass is 10.1. The van der Waals surface area contributed by atoms with E-state index in [9.17, 15) is 18.0 Å². The van der Waals surface area contributed by atoms with Gasteiger partial charge in [0.05, 0.1) is 15.1 Å². The zero-order chi connectivity index (χ0) is 21.5. The van der Waals surface area contributed by atoms with Crippen LogP contribution in [0.2, 0.25) is 0 Å². The molecule has 0 aliphatic carbocycles. The van der Waals surface area contributed by atoms with Crippen LogP contribution in [-0.2, 0) is 21.4 Å². The SMILES string of the molecule is CCCn1c(=O)sc2cc(S(=O)(=O)Nc3ccc(N4CCCC4=O)c(C)c3)ccc21. The van der Waals surface area contributed by atoms with E-state index in [4.69, 9.17) is 0 Å². The molecule has 0 radical (unpaired) electrons. The number of hydrogen-bond donors (Lipinski definition) is 1. The maximum Gasteiger partial charge on any atom is 0.308 e. The monoisotopic (exact) mass is 445 g/mol. The minimum absolute atomic E-state index is 0.0861. The molecule has 1 aromatic heterocycles. The van der Waals surface area contributed by atoms with Gasteiger partial charge in [0.1, 0.15) is 0 Å². The van der Waals surface area contributed by atoms with E-state index in [-0.39, 0.29) is 15.7 Å². The van der Waals surface area contributed by atoms with Crippen LogP contribution < -0.4 is 14.5 Å². The van der Waals surface area contributed by atoms with Crippen molar-refractivity contribution in [2.45, 2.75) is 44.6 Å². The molecule has 1 amide bonds. The second-order valence-electron chi connectivity index (χ2n) is 7.40. The van der Waals surface area contributed by atoms with E-state index in [2.05, 4.69) is 4.72 Å². The highest BCUT2D eigenvalue weighted by Gasteiger charge is 2.23. The molecule has 0 unspecified atom stereocenters. The van der Waals surface area contributed by atoms with Crippen LogP contribution in [0.4, 0.5) is 11.4 Å². The quantitative estimate of drug-likeness (QED) is 0.626. The Morgan fingerprint density at radius 3 is 2.60 bits per heavy atom. The predicted molar refractivity (Wildman–Crippen MR) is 120 cm³/mol. The number of amides is 1. The van der Waals surface area contributed by atoms with E-state index in [1.165, 1.54) is 6.07 Å². The van der Waals surface area contributed by atoms with Gasteiger partial charge in [-0.15, -0.1) is 0 Å². The third-order valence-electron chi connectivity index (χ3n) is 5.21. The van der Waals surface area contributed by atoms with Crippen LogP contribution in [0.1, 0.15) is 31.7 Å². The maximum absolute atomic E-state index is 12.9. The number of fused-ring (bicyclic) bond motifs is 1. The number of carbonyl (C=O) groups excluding carboxylic acids is 1. The van der Waals surface area contributed by atoms with Crippen molar-refractivity contribution in [1.29, 1.82) is 0 Å². The van der Waals surface area contributed by atoms with Crippen LogP contribution >= 0.6 is 11.3 Å². The number of aromatic nitrogens is 1. The number of hydrogen-bond acceptors (Lipinski definition) is 5. The summed E-state index contributed by atoms with van der Waals surface area (Å²) in [5, 5.41) is 0. The molecule has 158 valence electrons. The molecular weight excluding hydrogens is 422 g/mol. The van der Waals surface area contributed by atoms with Gasteiger partial charge in [0, 0.05) is 30.9 Å². The molecule has 2 aromatic carbocycles. The lowest BCUT2D eigenvalue weighted by molar-refractivity contribution is -0.117. The molecule has 9 heteroatoms. The first kappa shape index (κ1) is 20.6. The van der Waals surface area contributed by atoms with Gasteiger partial charge in [-0.05, 0) is 61.7 Å². The van der Waals surface area contributed by atoms with Crippen molar-refractivity contribution in [2.75, 3.05) is 16.2 Å². The highest BCUT2D eigenvalue weighted by atomic mass is 32.2. The number of nitrogens with zero attached hydrogens (tertiary/aromatic N) is 2. The Hall–Kier alpha value is -2.65. The molecule has 7 nitrogen and oxygen atoms in total. The van der Waals surface area contributed by atoms with Crippen LogP contribution in [0.15, 0.2) is 46.1 Å². The topological polar surface area (TPSA) is 88.5 Å². The van der Waals surface area contributed by atoms with Gasteiger partial charge in [0.25, 0.3) is 10.0 Å². The molecule has 1 aliphatic rings. The van der Waals surface area contributed by atoms with Crippen LogP contribution in [0.5, 0.6) is 0 Å². The molecule has 1 saturated heterocycles. The molecule has 0 bridgehead atoms. The van der Waals surface area contributed by atoms with Gasteiger partial charge in [-0.1, -0.05) is 18.3 Å². The smallest absolute Gasteiger partial charge is 0.308 e. The molecule has 1 aliphatic heterocycles. The summed E-state index contributed by atoms with van der Waals surface area (Å²) in [6.07, 6.45) is 2.20. The summed E-state index contributed by atoms with van der Waals surface area (Å²) in [6, 6.07) is 9.92. The van der Waals surface area contributed by atoms with Gasteiger partial charge < -0.3 is 4.90 Å². The molecule has 1 N–H and O–H groups in total. The van der Waals surface area contributed by atoms with Gasteiger partial charge in [0.15, 0.2) is 0 Å². The van der Waals surface area contributed by atoms with Crippen LogP contribution in [-0.4, -0.2) is 25.4 Å². The largest absolute Gasteiger partial charge is 0.312 e. The number of carbonyl (C=O) groups is 1. The summed E-state index contributed by atoms with van der Waals surface area (Å²) in [5.41, 5.74) is 2.82. The number of rotatable bonds is 6. The Bertz CT molecular complexity index is 1290. The molecular formula is C21H23N3O4S2. The molecule has 4 rings (SSSR count). The second-order valence-corrected chi connectivity index (χ2v) is 10.1. The van der Waals surface area contributed by atoms with Gasteiger partial charge in [-0.25, -0.2) is 8.42 Å². The van der Waals surface area contributed by atoms with E-state index in [1.807, 2.05) is 13.8 Å². The Labute approximate surface area is 179 Å². The fraction of sp³-hybridized carbons (Fsp3) is 0.333. The lowest BCUT2D eigenvalue weighted by Crippen LogP contribution is -2.24. The van der Waals surface area contributed by atoms with Crippen molar-refractivity contribution in [2.24, 2.45) is 0 Å². The zero-order valence-electron chi connectivity index (χ0n) is 16.8. The molecule has 1 fully saturated rings. The van der Waals surface area contributed by atoms with Crippen LogP contribution in [0.3, 0.4) is 0 Å². The van der Waals surface area contributed by atoms with Crippen molar-refractivity contribution < 1.29 is 13.2 Å². The second kappa shape index (κ2) is 7.88. The minimum Gasteiger partial charge on any atom is -0.312 e. The Morgan fingerprint density at radius 1 is 1.13 bits per heavy atom. The van der Waals surface area contributed by atoms with E-state index < -0.39 is 10.0 Å². The van der Waals surface area contributed by atoms with Crippen molar-refractivity contribution >= 4 is 48.9 Å². The average Bonchev–Trinajstić information content (AvgIpc) is 3.24. The first-order chi connectivity index (χ1) is 14.3. The highest BCUT2D eigenvalue weighted by Crippen LogP contribution is 2.29. The Kier molecular flexibility index (Phi) is 5.42. The van der Waals surface area contributed by atoms with Crippen molar-refractivity contribution in [3.8, 4) is 0 Å². The zero-order valence-corrected chi connectivity index (χ0v) is 18.5. The summed E-state index contributed by atoms with van der Waals surface area (Å²) >= 11 is 1.05. The van der Waals surface area contributed by atoms with Crippen LogP contribution in [0.25, 0.3) is 10.2 Å². The Balaban J connectivity index is 1.62. The van der Waals surface area contributed by atoms with Crippen molar-refractivity contribution in [1.82, 2.24) is 4.57 Å². The standard InChI is InChI=1S/C21H23N3O4S2/c1-3-10-24-18-9-7-16(13-19(18)29-21(24)26)30(27,28)22-15-6-8-17(14(2)12-15)23-11-4-5-20(23)25/h6-9,12-13,22H,3-5,10-11H2,1-2H3. The number of thiazole rings is 1. The first-order valence-corrected chi connectivity index (χ1v) is 12.2. The minimum atomic E-state index is -3.82. The van der Waals surface area contributed by atoms with E-state index >= 15 is 0 Å². The fourth-order valence-corrected chi connectivity index (χ4v) is 5.89. The third-order valence-corrected chi connectivity index (χ3v) is 7.53. The Morgan fingerprint density at radius 2 is 1.93 bits per heavy atom. The summed E-state index contributed by atoms with van der Waals surface area (Å²) in [5.74, 6) is 0.0914. The first-order valence-electron chi connectivity index (χ1n) is 9.87. The fourth-order valence-electron chi connectivity index (χ4n) is 3.79. The number of sulfonamides is 1. The number of nitrogens with one attached hydrogen (secondary N) is 1. The molecule has 0 saturated carbocycles. The number of anilines is 2. The molecule has 3 aromatic rings. The molecule has 30 heavy (non-hydrogen) atoms. The van der Waals surface area contributed by atoms with Gasteiger partial charge in [-0.2, -0.15) is 0 Å². The number of benzene rings is 2. The molecule has 2 heterocycles. The summed E-state index contributed by atoms with van der Waals surface area (Å²) in [4.78, 5) is 25.9. The van der Waals surface area contributed by atoms with Gasteiger partial charge in [0.2, 0.25) is 5.91 Å². The molecule has 0 atom stereocenters. The summed E-state index contributed by atoms with van der Waals surface area (Å²) in [6.45, 7) is 5.14. The molecule has 0 spiro atoms. The van der Waals surface area contributed by atoms with Gasteiger partial charge >= 0.3 is 4.87 Å². The summed E-state index contributed by atoms with van der Waals surface area (Å²) in [7, 11) is -3.82. The highest BCUT2D eigenvalue weighted by molar-refractivity contribution is 7.92. The van der Waals surface area contributed by atoms with E-state index in [1.54, 1.807) is 39.8 Å². The van der Waals surface area contributed by atoms with Crippen LogP contribution in [0, 0.1) is 6.92 Å². The average molecular weight is 446 g/mol. The summed E-state index contributed by atoms with van der Waals surface area (Å²) < 4.78 is 30.7. The lowest BCUT2D eigenvalue weighted by Gasteiger charge is -2.19. The predicted octanol–water partition coefficient (Wildman–Crippen LogP) is 3.71. The number of aryl methyl sites for hydroxylation is 2. The van der Waals surface area contributed by atoms with Gasteiger partial charge in [-0.3, -0.25) is 18.9 Å². The van der Waals surface area contributed by atoms with E-state index in [0.29, 0.717) is 29.9 Å². The van der Waals surface area contributed by atoms with Crippen molar-refractivity contribution in [3.63, 3.8) is 0 Å².